The molecule has 0 bridgehead atoms. The van der Waals surface area contributed by atoms with Gasteiger partial charge in [0.25, 0.3) is 0 Å². The van der Waals surface area contributed by atoms with E-state index >= 15 is 0 Å². The van der Waals surface area contributed by atoms with Gasteiger partial charge in [-0.3, -0.25) is 0 Å². The normalized spacial score (nSPS) is 10.2. The molecule has 4 heteroatoms. The third-order valence-electron chi connectivity index (χ3n) is 2.11. The first-order valence-electron chi connectivity index (χ1n) is 4.89. The van der Waals surface area contributed by atoms with Gasteiger partial charge in [0.1, 0.15) is 5.56 Å². The highest BCUT2D eigenvalue weighted by atomic mass is 127. The minimum Gasteiger partial charge on any atom is -0.478 e. The first-order valence-corrected chi connectivity index (χ1v) is 7.84. The summed E-state index contributed by atoms with van der Waals surface area (Å²) in [5.41, 5.74) is 0.407. The zero-order valence-electron chi connectivity index (χ0n) is 8.73. The summed E-state index contributed by atoms with van der Waals surface area (Å²) in [6.45, 7) is 0. The lowest BCUT2D eigenvalue weighted by Gasteiger charge is -1.95. The van der Waals surface area contributed by atoms with Crippen molar-refractivity contribution in [2.24, 2.45) is 0 Å². The predicted octanol–water partition coefficient (Wildman–Crippen LogP) is 0.276. The van der Waals surface area contributed by atoms with Gasteiger partial charge in [-0.1, -0.05) is 34.1 Å². The smallest absolute Gasteiger partial charge is 0.358 e. The Hall–Kier alpha value is -0.880. The van der Waals surface area contributed by atoms with Gasteiger partial charge in [0.05, 0.1) is 0 Å². The van der Waals surface area contributed by atoms with Gasteiger partial charge in [-0.05, 0) is 24.3 Å². The maximum Gasteiger partial charge on any atom is 0.358 e. The van der Waals surface area contributed by atoms with E-state index in [-0.39, 0.29) is 0 Å². The molecule has 17 heavy (non-hydrogen) atoms. The van der Waals surface area contributed by atoms with Crippen LogP contribution in [0.1, 0.15) is 10.4 Å². The average molecular weight is 404 g/mol. The summed E-state index contributed by atoms with van der Waals surface area (Å²) in [7, 11) is 0. The van der Waals surface area contributed by atoms with Crippen molar-refractivity contribution in [3.63, 3.8) is 0 Å². The van der Waals surface area contributed by atoms with Gasteiger partial charge in [0.15, 0.2) is 3.57 Å². The highest BCUT2D eigenvalue weighted by Gasteiger charge is 2.23. The minimum atomic E-state index is -0.858. The molecule has 2 aromatic rings. The van der Waals surface area contributed by atoms with Crippen molar-refractivity contribution in [3.05, 3.63) is 65.7 Å². The summed E-state index contributed by atoms with van der Waals surface area (Å²) in [6.07, 6.45) is 0. The molecule has 2 aromatic carbocycles. The lowest BCUT2D eigenvalue weighted by atomic mass is 10.2. The molecule has 1 N–H and O–H groups in total. The molecule has 0 aliphatic carbocycles. The Morgan fingerprint density at radius 3 is 2.47 bits per heavy atom. The molecule has 0 aromatic heterocycles. The van der Waals surface area contributed by atoms with Crippen molar-refractivity contribution < 1.29 is 31.1 Å². The van der Waals surface area contributed by atoms with Crippen LogP contribution in [0.15, 0.2) is 53.0 Å². The van der Waals surface area contributed by atoms with E-state index in [0.29, 0.717) is 5.56 Å². The van der Waals surface area contributed by atoms with Gasteiger partial charge in [-0.2, -0.15) is 0 Å². The van der Waals surface area contributed by atoms with E-state index in [2.05, 4.69) is 15.9 Å². The Morgan fingerprint density at radius 1 is 1.12 bits per heavy atom. The van der Waals surface area contributed by atoms with Crippen LogP contribution in [0, 0.1) is 7.14 Å². The van der Waals surface area contributed by atoms with Crippen LogP contribution in [0.5, 0.6) is 0 Å². The zero-order valence-corrected chi connectivity index (χ0v) is 12.5. The molecule has 0 saturated heterocycles. The summed E-state index contributed by atoms with van der Waals surface area (Å²) >= 11 is 2.93. The topological polar surface area (TPSA) is 37.3 Å². The van der Waals surface area contributed by atoms with Gasteiger partial charge < -0.3 is 5.11 Å². The Bertz CT molecular complexity index is 540. The van der Waals surface area contributed by atoms with Crippen LogP contribution in [0.3, 0.4) is 0 Å². The second kappa shape index (κ2) is 5.64. The van der Waals surface area contributed by atoms with Crippen molar-refractivity contribution in [2.45, 2.75) is 0 Å². The number of carboxylic acid groups (broad SMARTS) is 1. The third kappa shape index (κ3) is 3.29. The molecule has 0 radical (unpaired) electrons. The highest BCUT2D eigenvalue weighted by Crippen LogP contribution is 2.10. The monoisotopic (exact) mass is 403 g/mol. The Balaban J connectivity index is 2.37. The molecule has 0 saturated carbocycles. The first kappa shape index (κ1) is 12.6. The second-order valence-electron chi connectivity index (χ2n) is 3.32. The molecule has 86 valence electrons. The SMILES string of the molecule is O=C(O)c1ccc(Br)cc1[I+]c1ccccc1. The molecule has 0 amide bonds. The molecule has 2 rings (SSSR count). The van der Waals surface area contributed by atoms with Crippen LogP contribution in [-0.4, -0.2) is 11.1 Å². The van der Waals surface area contributed by atoms with E-state index in [1.54, 1.807) is 12.1 Å². The van der Waals surface area contributed by atoms with Gasteiger partial charge in [-0.15, -0.1) is 0 Å². The second-order valence-corrected chi connectivity index (χ2v) is 7.18. The van der Waals surface area contributed by atoms with Gasteiger partial charge in [0.2, 0.25) is 3.57 Å². The average Bonchev–Trinajstić information content (AvgIpc) is 2.30. The number of halogens is 2. The van der Waals surface area contributed by atoms with E-state index in [9.17, 15) is 4.79 Å². The molecule has 0 heterocycles. The van der Waals surface area contributed by atoms with Gasteiger partial charge >= 0.3 is 27.2 Å². The van der Waals surface area contributed by atoms with Gasteiger partial charge in [0, 0.05) is 10.5 Å². The fourth-order valence-electron chi connectivity index (χ4n) is 1.34. The Morgan fingerprint density at radius 2 is 1.82 bits per heavy atom. The van der Waals surface area contributed by atoms with Crippen LogP contribution in [0.4, 0.5) is 0 Å². The lowest BCUT2D eigenvalue weighted by molar-refractivity contribution is -0.597. The number of carbonyl (C=O) groups is 1. The zero-order chi connectivity index (χ0) is 12.3. The fourth-order valence-corrected chi connectivity index (χ4v) is 4.76. The van der Waals surface area contributed by atoms with Crippen molar-refractivity contribution in [2.75, 3.05) is 0 Å². The summed E-state index contributed by atoms with van der Waals surface area (Å²) < 4.78 is 3.07. The van der Waals surface area contributed by atoms with Crippen LogP contribution < -0.4 is 21.2 Å². The van der Waals surface area contributed by atoms with Crippen LogP contribution in [-0.2, 0) is 0 Å². The Kier molecular flexibility index (Phi) is 4.17. The molecule has 0 unspecified atom stereocenters. The van der Waals surface area contributed by atoms with E-state index in [0.717, 1.165) is 8.04 Å². The largest absolute Gasteiger partial charge is 0.478 e. The molecule has 2 nitrogen and oxygen atoms in total. The van der Waals surface area contributed by atoms with Crippen molar-refractivity contribution in [1.82, 2.24) is 0 Å². The summed E-state index contributed by atoms with van der Waals surface area (Å²) in [4.78, 5) is 11.1. The first-order chi connectivity index (χ1) is 8.16. The van der Waals surface area contributed by atoms with Crippen LogP contribution in [0.2, 0.25) is 0 Å². The lowest BCUT2D eigenvalue weighted by Crippen LogP contribution is -3.61. The number of rotatable bonds is 3. The summed E-state index contributed by atoms with van der Waals surface area (Å²) in [5, 5.41) is 9.14. The summed E-state index contributed by atoms with van der Waals surface area (Å²) in [6, 6.07) is 15.3. The number of carboxylic acids is 1. The highest BCUT2D eigenvalue weighted by molar-refractivity contribution is 9.10. The maximum absolute atomic E-state index is 11.1. The molecular weight excluding hydrogens is 395 g/mol. The van der Waals surface area contributed by atoms with Crippen molar-refractivity contribution >= 4 is 21.9 Å². The molecule has 0 aliphatic rings. The van der Waals surface area contributed by atoms with Crippen LogP contribution >= 0.6 is 15.9 Å². The number of benzene rings is 2. The van der Waals surface area contributed by atoms with E-state index in [4.69, 9.17) is 5.11 Å². The third-order valence-corrected chi connectivity index (χ3v) is 5.41. The maximum atomic E-state index is 11.1. The number of hydrogen-bond donors (Lipinski definition) is 1. The standard InChI is InChI=1S/C13H8BrIO2/c14-9-6-7-11(13(16)17)12(8-9)15-10-4-2-1-3-5-10/h1-8H/p+1. The quantitative estimate of drug-likeness (QED) is 0.747. The van der Waals surface area contributed by atoms with Crippen molar-refractivity contribution in [1.29, 1.82) is 0 Å². The Labute approximate surface area is 118 Å². The molecule has 0 atom stereocenters. The van der Waals surface area contributed by atoms with Crippen LogP contribution in [0.25, 0.3) is 0 Å². The van der Waals surface area contributed by atoms with E-state index < -0.39 is 27.2 Å². The molecule has 0 aliphatic heterocycles. The molecule has 0 spiro atoms. The number of aromatic carboxylic acids is 1. The number of hydrogen-bond acceptors (Lipinski definition) is 1. The van der Waals surface area contributed by atoms with Crippen molar-refractivity contribution in [3.8, 4) is 0 Å². The molecule has 0 fully saturated rings. The van der Waals surface area contributed by atoms with E-state index in [1.807, 2.05) is 36.4 Å². The van der Waals surface area contributed by atoms with E-state index in [1.165, 1.54) is 3.57 Å². The van der Waals surface area contributed by atoms with Gasteiger partial charge in [-0.25, -0.2) is 4.79 Å². The minimum absolute atomic E-state index is 0.407. The predicted molar refractivity (Wildman–Crippen MR) is 64.9 cm³/mol. The summed E-state index contributed by atoms with van der Waals surface area (Å²) in [5.74, 6) is -0.858. The molecular formula is C13H9BrIO2+. The fraction of sp³-hybridized carbons (Fsp3) is 0.